The molecule has 0 radical (unpaired) electrons. The summed E-state index contributed by atoms with van der Waals surface area (Å²) < 4.78 is 5.21. The molecule has 2 N–H and O–H groups in total. The number of hydrogen-bond donors (Lipinski definition) is 2. The van der Waals surface area contributed by atoms with Gasteiger partial charge in [-0.2, -0.15) is 5.10 Å². The van der Waals surface area contributed by atoms with Gasteiger partial charge in [-0.3, -0.25) is 9.59 Å². The summed E-state index contributed by atoms with van der Waals surface area (Å²) >= 11 is 0. The van der Waals surface area contributed by atoms with Gasteiger partial charge in [-0.05, 0) is 18.6 Å². The summed E-state index contributed by atoms with van der Waals surface area (Å²) in [5.41, 5.74) is 3.17. The lowest BCUT2D eigenvalue weighted by Gasteiger charge is -2.05. The third-order valence-electron chi connectivity index (χ3n) is 4.99. The van der Waals surface area contributed by atoms with Gasteiger partial charge in [0.05, 0.1) is 19.9 Å². The number of methoxy groups -OCH3 is 1. The molecule has 0 bridgehead atoms. The van der Waals surface area contributed by atoms with Crippen LogP contribution in [0.4, 0.5) is 0 Å². The fraction of sp³-hybridized carbons (Fsp3) is 0.625. The van der Waals surface area contributed by atoms with E-state index >= 15 is 0 Å². The Morgan fingerprint density at radius 2 is 1.50 bits per heavy atom. The number of nitrogens with one attached hydrogen (secondary N) is 2. The van der Waals surface area contributed by atoms with Crippen LogP contribution >= 0.6 is 0 Å². The SMILES string of the molecule is CCCCCCCCCCCCCC(=O)NCC(=O)NN=Cc1ccccc1OC. The first kappa shape index (κ1) is 25.7. The maximum Gasteiger partial charge on any atom is 0.259 e. The van der Waals surface area contributed by atoms with Gasteiger partial charge < -0.3 is 10.1 Å². The van der Waals surface area contributed by atoms with Gasteiger partial charge in [-0.1, -0.05) is 83.3 Å². The predicted octanol–water partition coefficient (Wildman–Crippen LogP) is 4.96. The van der Waals surface area contributed by atoms with Crippen molar-refractivity contribution in [3.8, 4) is 5.75 Å². The van der Waals surface area contributed by atoms with Crippen LogP contribution in [0.1, 0.15) is 89.5 Å². The summed E-state index contributed by atoms with van der Waals surface area (Å²) in [6, 6.07) is 7.38. The van der Waals surface area contributed by atoms with E-state index in [1.165, 1.54) is 64.0 Å². The standard InChI is InChI=1S/C24H39N3O3/c1-3-4-5-6-7-8-9-10-11-12-13-18-23(28)25-20-24(29)27-26-19-21-16-14-15-17-22(21)30-2/h14-17,19H,3-13,18,20H2,1-2H3,(H,25,28)(H,27,29). The number of carbonyl (C=O) groups is 2. The monoisotopic (exact) mass is 417 g/mol. The molecular formula is C24H39N3O3. The number of nitrogens with zero attached hydrogens (tertiary/aromatic N) is 1. The van der Waals surface area contributed by atoms with Gasteiger partial charge in [-0.15, -0.1) is 0 Å². The highest BCUT2D eigenvalue weighted by Gasteiger charge is 2.05. The molecule has 1 aromatic rings. The van der Waals surface area contributed by atoms with E-state index < -0.39 is 0 Å². The van der Waals surface area contributed by atoms with E-state index in [0.29, 0.717) is 12.2 Å². The molecule has 30 heavy (non-hydrogen) atoms. The van der Waals surface area contributed by atoms with Crippen LogP contribution in [0, 0.1) is 0 Å². The second-order valence-electron chi connectivity index (χ2n) is 7.60. The van der Waals surface area contributed by atoms with Crippen molar-refractivity contribution in [3.05, 3.63) is 29.8 Å². The van der Waals surface area contributed by atoms with E-state index in [1.54, 1.807) is 7.11 Å². The quantitative estimate of drug-likeness (QED) is 0.213. The maximum absolute atomic E-state index is 11.8. The highest BCUT2D eigenvalue weighted by Crippen LogP contribution is 2.14. The van der Waals surface area contributed by atoms with Gasteiger partial charge in [0, 0.05) is 12.0 Å². The number of para-hydroxylation sites is 1. The largest absolute Gasteiger partial charge is 0.496 e. The average molecular weight is 418 g/mol. The predicted molar refractivity (Wildman–Crippen MR) is 123 cm³/mol. The van der Waals surface area contributed by atoms with Crippen molar-refractivity contribution >= 4 is 18.0 Å². The average Bonchev–Trinajstić information content (AvgIpc) is 2.76. The number of hydrogen-bond acceptors (Lipinski definition) is 4. The molecular weight excluding hydrogens is 378 g/mol. The Bertz CT molecular complexity index is 632. The molecule has 2 amide bonds. The van der Waals surface area contributed by atoms with E-state index in [9.17, 15) is 9.59 Å². The van der Waals surface area contributed by atoms with E-state index in [1.807, 2.05) is 24.3 Å². The fourth-order valence-electron chi connectivity index (χ4n) is 3.20. The zero-order valence-electron chi connectivity index (χ0n) is 18.8. The number of carbonyl (C=O) groups excluding carboxylic acids is 2. The number of ether oxygens (including phenoxy) is 1. The van der Waals surface area contributed by atoms with Gasteiger partial charge in [0.15, 0.2) is 0 Å². The third kappa shape index (κ3) is 13.0. The molecule has 0 spiro atoms. The van der Waals surface area contributed by atoms with Crippen LogP contribution in [-0.2, 0) is 9.59 Å². The van der Waals surface area contributed by atoms with Crippen molar-refractivity contribution in [2.75, 3.05) is 13.7 Å². The van der Waals surface area contributed by atoms with Crippen LogP contribution in [0.2, 0.25) is 0 Å². The molecule has 168 valence electrons. The second kappa shape index (κ2) is 17.5. The minimum atomic E-state index is -0.353. The van der Waals surface area contributed by atoms with Gasteiger partial charge in [0.25, 0.3) is 5.91 Å². The lowest BCUT2D eigenvalue weighted by Crippen LogP contribution is -2.34. The van der Waals surface area contributed by atoms with E-state index in [0.717, 1.165) is 18.4 Å². The number of benzene rings is 1. The molecule has 1 rings (SSSR count). The van der Waals surface area contributed by atoms with Crippen molar-refractivity contribution in [3.63, 3.8) is 0 Å². The Hall–Kier alpha value is -2.37. The van der Waals surface area contributed by atoms with Crippen LogP contribution < -0.4 is 15.5 Å². The molecule has 0 saturated heterocycles. The topological polar surface area (TPSA) is 79.8 Å². The normalized spacial score (nSPS) is 10.9. The molecule has 0 atom stereocenters. The molecule has 0 heterocycles. The first-order valence-electron chi connectivity index (χ1n) is 11.4. The molecule has 0 aliphatic heterocycles. The van der Waals surface area contributed by atoms with Gasteiger partial charge in [0.1, 0.15) is 5.75 Å². The van der Waals surface area contributed by atoms with Crippen LogP contribution in [0.3, 0.4) is 0 Å². The van der Waals surface area contributed by atoms with Crippen molar-refractivity contribution in [1.29, 1.82) is 0 Å². The maximum atomic E-state index is 11.8. The fourth-order valence-corrected chi connectivity index (χ4v) is 3.20. The van der Waals surface area contributed by atoms with Crippen molar-refractivity contribution in [2.24, 2.45) is 5.10 Å². The van der Waals surface area contributed by atoms with Crippen molar-refractivity contribution in [2.45, 2.75) is 84.0 Å². The lowest BCUT2D eigenvalue weighted by molar-refractivity contribution is -0.126. The summed E-state index contributed by atoms with van der Waals surface area (Å²) in [6.07, 6.45) is 15.7. The Morgan fingerprint density at radius 1 is 0.900 bits per heavy atom. The van der Waals surface area contributed by atoms with Crippen LogP contribution in [0.25, 0.3) is 0 Å². The summed E-state index contributed by atoms with van der Waals surface area (Å²) in [7, 11) is 1.58. The Labute approximate surface area is 181 Å². The molecule has 0 aliphatic rings. The number of hydrazone groups is 1. The number of unbranched alkanes of at least 4 members (excludes halogenated alkanes) is 10. The summed E-state index contributed by atoms with van der Waals surface area (Å²) in [4.78, 5) is 23.6. The van der Waals surface area contributed by atoms with Gasteiger partial charge >= 0.3 is 0 Å². The summed E-state index contributed by atoms with van der Waals surface area (Å²) in [6.45, 7) is 2.18. The van der Waals surface area contributed by atoms with Crippen LogP contribution in [0.5, 0.6) is 5.75 Å². The molecule has 0 aromatic heterocycles. The summed E-state index contributed by atoms with van der Waals surface area (Å²) in [5, 5.41) is 6.54. The van der Waals surface area contributed by atoms with E-state index in [2.05, 4.69) is 22.8 Å². The Balaban J connectivity index is 2.01. The van der Waals surface area contributed by atoms with Crippen molar-refractivity contribution < 1.29 is 14.3 Å². The molecule has 6 heteroatoms. The minimum absolute atomic E-state index is 0.0693. The molecule has 1 aromatic carbocycles. The highest BCUT2D eigenvalue weighted by molar-refractivity contribution is 5.87. The first-order valence-corrected chi connectivity index (χ1v) is 11.4. The van der Waals surface area contributed by atoms with Crippen LogP contribution in [-0.4, -0.2) is 31.7 Å². The van der Waals surface area contributed by atoms with Crippen LogP contribution in [0.15, 0.2) is 29.4 Å². The van der Waals surface area contributed by atoms with Gasteiger partial charge in [-0.25, -0.2) is 5.43 Å². The Morgan fingerprint density at radius 3 is 2.13 bits per heavy atom. The van der Waals surface area contributed by atoms with Crippen molar-refractivity contribution in [1.82, 2.24) is 10.7 Å². The molecule has 0 saturated carbocycles. The second-order valence-corrected chi connectivity index (χ2v) is 7.60. The van der Waals surface area contributed by atoms with E-state index in [4.69, 9.17) is 4.74 Å². The third-order valence-corrected chi connectivity index (χ3v) is 4.99. The number of amides is 2. The summed E-state index contributed by atoms with van der Waals surface area (Å²) in [5.74, 6) is 0.235. The lowest BCUT2D eigenvalue weighted by atomic mass is 10.1. The smallest absolute Gasteiger partial charge is 0.259 e. The zero-order valence-corrected chi connectivity index (χ0v) is 18.8. The highest BCUT2D eigenvalue weighted by atomic mass is 16.5. The molecule has 6 nitrogen and oxygen atoms in total. The zero-order chi connectivity index (χ0) is 21.9. The number of rotatable bonds is 17. The Kier molecular flexibility index (Phi) is 15.0. The molecule has 0 aliphatic carbocycles. The van der Waals surface area contributed by atoms with Gasteiger partial charge in [0.2, 0.25) is 5.91 Å². The van der Waals surface area contributed by atoms with E-state index in [-0.39, 0.29) is 18.4 Å². The molecule has 0 unspecified atom stereocenters. The minimum Gasteiger partial charge on any atom is -0.496 e. The molecule has 0 fully saturated rings. The first-order chi connectivity index (χ1) is 14.7.